The number of sulfone groups is 1. The number of hydrogen-bond acceptors (Lipinski definition) is 7. The second-order valence-corrected chi connectivity index (χ2v) is 10.6. The second kappa shape index (κ2) is 10.2. The van der Waals surface area contributed by atoms with Crippen molar-refractivity contribution >= 4 is 43.6 Å². The smallest absolute Gasteiger partial charge is 0.315 e. The Balaban J connectivity index is 1.81. The molecule has 0 saturated carbocycles. The van der Waals surface area contributed by atoms with E-state index in [1.165, 1.54) is 0 Å². The minimum atomic E-state index is -3.90. The maximum Gasteiger partial charge on any atom is 0.315 e. The number of alkyl halides is 1. The van der Waals surface area contributed by atoms with Crippen LogP contribution in [0.3, 0.4) is 0 Å². The number of ether oxygens (including phenoxy) is 1. The van der Waals surface area contributed by atoms with Gasteiger partial charge in [0.25, 0.3) is 0 Å². The molecule has 10 heteroatoms. The van der Waals surface area contributed by atoms with E-state index in [0.717, 1.165) is 31.6 Å². The first-order chi connectivity index (χ1) is 16.3. The molecule has 34 heavy (non-hydrogen) atoms. The topological polar surface area (TPSA) is 93.0 Å². The van der Waals surface area contributed by atoms with Crippen LogP contribution in [0.25, 0.3) is 10.8 Å². The molecule has 1 aliphatic rings. The molecule has 1 heterocycles. The van der Waals surface area contributed by atoms with Crippen molar-refractivity contribution in [1.29, 1.82) is 0 Å². The van der Waals surface area contributed by atoms with Gasteiger partial charge in [0.1, 0.15) is 6.61 Å². The van der Waals surface area contributed by atoms with E-state index in [1.807, 2.05) is 25.2 Å². The highest BCUT2D eigenvalue weighted by atomic mass is 35.5. The van der Waals surface area contributed by atoms with E-state index in [9.17, 15) is 18.5 Å². The van der Waals surface area contributed by atoms with Crippen LogP contribution in [0.5, 0.6) is 5.75 Å². The van der Waals surface area contributed by atoms with E-state index in [2.05, 4.69) is 9.80 Å². The number of fused-ring (bicyclic) bond motifs is 1. The van der Waals surface area contributed by atoms with Crippen molar-refractivity contribution < 1.29 is 18.1 Å². The Bertz CT molecular complexity index is 1300. The molecule has 4 rings (SSSR count). The fourth-order valence-electron chi connectivity index (χ4n) is 4.22. The minimum Gasteiger partial charge on any atom is -0.485 e. The van der Waals surface area contributed by atoms with Gasteiger partial charge in [-0.05, 0) is 24.6 Å². The van der Waals surface area contributed by atoms with E-state index in [4.69, 9.17) is 16.3 Å². The molecule has 0 aromatic heterocycles. The first-order valence-electron chi connectivity index (χ1n) is 10.9. The lowest BCUT2D eigenvalue weighted by Crippen LogP contribution is -2.44. The number of halogens is 1. The second-order valence-electron chi connectivity index (χ2n) is 8.27. The van der Waals surface area contributed by atoms with E-state index in [0.29, 0.717) is 11.1 Å². The van der Waals surface area contributed by atoms with Crippen LogP contribution < -0.4 is 9.64 Å². The number of likely N-dealkylation sites (N-methyl/N-ethyl adjacent to an activating group) is 1. The fraction of sp³-hybridized carbons (Fsp3) is 0.333. The quantitative estimate of drug-likeness (QED) is 0.259. The zero-order chi connectivity index (χ0) is 24.3. The Morgan fingerprint density at radius 3 is 2.47 bits per heavy atom. The van der Waals surface area contributed by atoms with Crippen LogP contribution in [0.1, 0.15) is 5.56 Å². The van der Waals surface area contributed by atoms with Crippen molar-refractivity contribution in [3.63, 3.8) is 0 Å². The van der Waals surface area contributed by atoms with Gasteiger partial charge in [-0.15, -0.1) is 11.6 Å². The molecular weight excluding hydrogens is 478 g/mol. The molecule has 180 valence electrons. The summed E-state index contributed by atoms with van der Waals surface area (Å²) in [5, 5.41) is 13.4. The lowest BCUT2D eigenvalue weighted by molar-refractivity contribution is -0.386. The third-order valence-electron chi connectivity index (χ3n) is 5.95. The Kier molecular flexibility index (Phi) is 7.25. The van der Waals surface area contributed by atoms with Crippen LogP contribution >= 0.6 is 11.6 Å². The van der Waals surface area contributed by atoms with E-state index in [-0.39, 0.29) is 34.4 Å². The summed E-state index contributed by atoms with van der Waals surface area (Å²) in [6.45, 7) is 3.18. The summed E-state index contributed by atoms with van der Waals surface area (Å²) in [5.41, 5.74) is 0.456. The number of hydrogen-bond donors (Lipinski definition) is 0. The van der Waals surface area contributed by atoms with Gasteiger partial charge in [-0.1, -0.05) is 36.4 Å². The average Bonchev–Trinajstić information content (AvgIpc) is 2.82. The Morgan fingerprint density at radius 2 is 1.76 bits per heavy atom. The maximum atomic E-state index is 13.5. The standard InChI is InChI=1S/C24H26ClN3O5S/c1-26-10-12-27(13-11-26)20-15-19(24(28(29)30)22(16-20)33-14-9-25)17-34(31,32)23-8-4-6-18-5-2-3-7-21(18)23/h2-8,15-16H,9-14,17H2,1H3. The van der Waals surface area contributed by atoms with Crippen molar-refractivity contribution in [2.75, 3.05) is 50.6 Å². The van der Waals surface area contributed by atoms with E-state index >= 15 is 0 Å². The third-order valence-corrected chi connectivity index (χ3v) is 7.83. The summed E-state index contributed by atoms with van der Waals surface area (Å²) in [6.07, 6.45) is 0. The number of nitrogens with zero attached hydrogens (tertiary/aromatic N) is 3. The summed E-state index contributed by atoms with van der Waals surface area (Å²) in [7, 11) is -1.87. The number of nitro groups is 1. The molecule has 0 amide bonds. The number of rotatable bonds is 8. The summed E-state index contributed by atoms with van der Waals surface area (Å²) in [6, 6.07) is 15.5. The zero-order valence-electron chi connectivity index (χ0n) is 18.8. The van der Waals surface area contributed by atoms with Gasteiger partial charge in [-0.2, -0.15) is 0 Å². The van der Waals surface area contributed by atoms with Crippen molar-refractivity contribution in [2.24, 2.45) is 0 Å². The molecule has 1 aliphatic heterocycles. The van der Waals surface area contributed by atoms with Gasteiger partial charge < -0.3 is 14.5 Å². The summed E-state index contributed by atoms with van der Waals surface area (Å²) in [4.78, 5) is 15.9. The molecule has 3 aromatic rings. The first kappa shape index (κ1) is 24.3. The van der Waals surface area contributed by atoms with Crippen LogP contribution in [0.15, 0.2) is 59.5 Å². The molecule has 0 spiro atoms. The lowest BCUT2D eigenvalue weighted by Gasteiger charge is -2.34. The molecule has 8 nitrogen and oxygen atoms in total. The summed E-state index contributed by atoms with van der Waals surface area (Å²) >= 11 is 5.76. The first-order valence-corrected chi connectivity index (χ1v) is 13.1. The molecule has 0 atom stereocenters. The van der Waals surface area contributed by atoms with Gasteiger partial charge in [0, 0.05) is 43.3 Å². The monoisotopic (exact) mass is 503 g/mol. The highest BCUT2D eigenvalue weighted by Gasteiger charge is 2.29. The lowest BCUT2D eigenvalue weighted by atomic mass is 10.1. The van der Waals surface area contributed by atoms with E-state index < -0.39 is 20.5 Å². The van der Waals surface area contributed by atoms with Crippen molar-refractivity contribution in [2.45, 2.75) is 10.6 Å². The fourth-order valence-corrected chi connectivity index (χ4v) is 5.89. The van der Waals surface area contributed by atoms with Crippen molar-refractivity contribution in [3.05, 3.63) is 70.3 Å². The van der Waals surface area contributed by atoms with Crippen LogP contribution in [-0.2, 0) is 15.6 Å². The van der Waals surface area contributed by atoms with Gasteiger partial charge in [0.2, 0.25) is 0 Å². The molecule has 3 aromatic carbocycles. The minimum absolute atomic E-state index is 0.0326. The molecule has 1 saturated heterocycles. The molecule has 0 bridgehead atoms. The van der Waals surface area contributed by atoms with Crippen LogP contribution in [0.4, 0.5) is 11.4 Å². The third kappa shape index (κ3) is 5.11. The predicted octanol–water partition coefficient (Wildman–Crippen LogP) is 4.09. The van der Waals surface area contributed by atoms with Gasteiger partial charge in [0.15, 0.2) is 15.6 Å². The largest absolute Gasteiger partial charge is 0.485 e. The molecular formula is C24H26ClN3O5S. The van der Waals surface area contributed by atoms with Gasteiger partial charge in [-0.25, -0.2) is 8.42 Å². The Labute approximate surface area is 203 Å². The van der Waals surface area contributed by atoms with Crippen LogP contribution in [0, 0.1) is 10.1 Å². The average molecular weight is 504 g/mol. The van der Waals surface area contributed by atoms with Gasteiger partial charge in [0.05, 0.1) is 27.0 Å². The zero-order valence-corrected chi connectivity index (χ0v) is 20.4. The molecule has 0 radical (unpaired) electrons. The number of piperazine rings is 1. The Morgan fingerprint density at radius 1 is 1.06 bits per heavy atom. The number of benzene rings is 3. The predicted molar refractivity (Wildman–Crippen MR) is 134 cm³/mol. The van der Waals surface area contributed by atoms with E-state index in [1.54, 1.807) is 36.4 Å². The Hall–Kier alpha value is -2.88. The summed E-state index contributed by atoms with van der Waals surface area (Å²) in [5.74, 6) is -0.333. The molecule has 1 fully saturated rings. The van der Waals surface area contributed by atoms with Crippen LogP contribution in [-0.4, -0.2) is 64.0 Å². The molecule has 0 aliphatic carbocycles. The van der Waals surface area contributed by atoms with Crippen molar-refractivity contribution in [1.82, 2.24) is 4.90 Å². The van der Waals surface area contributed by atoms with Gasteiger partial charge in [-0.3, -0.25) is 10.1 Å². The highest BCUT2D eigenvalue weighted by Crippen LogP contribution is 2.38. The highest BCUT2D eigenvalue weighted by molar-refractivity contribution is 7.90. The number of nitro benzene ring substituents is 1. The number of anilines is 1. The SMILES string of the molecule is CN1CCN(c2cc(CS(=O)(=O)c3cccc4ccccc34)c([N+](=O)[O-])c(OCCCl)c2)CC1. The van der Waals surface area contributed by atoms with Crippen molar-refractivity contribution in [3.8, 4) is 5.75 Å². The normalized spacial score (nSPS) is 14.9. The maximum absolute atomic E-state index is 13.5. The summed E-state index contributed by atoms with van der Waals surface area (Å²) < 4.78 is 32.7. The van der Waals surface area contributed by atoms with Crippen LogP contribution in [0.2, 0.25) is 0 Å². The molecule has 0 unspecified atom stereocenters. The van der Waals surface area contributed by atoms with Gasteiger partial charge >= 0.3 is 5.69 Å². The molecule has 0 N–H and O–H groups in total.